The minimum Gasteiger partial charge on any atom is -0.354 e. The van der Waals surface area contributed by atoms with Gasteiger partial charge < -0.3 is 20.0 Å². The number of hydrazine groups is 1. The van der Waals surface area contributed by atoms with Crippen LogP contribution in [0.3, 0.4) is 0 Å². The van der Waals surface area contributed by atoms with E-state index in [1.54, 1.807) is 0 Å². The monoisotopic (exact) mass is 427 g/mol. The molecule has 2 aliphatic rings. The van der Waals surface area contributed by atoms with Gasteiger partial charge in [-0.15, -0.1) is 0 Å². The van der Waals surface area contributed by atoms with Crippen molar-refractivity contribution in [3.05, 3.63) is 29.8 Å². The lowest BCUT2D eigenvalue weighted by molar-refractivity contribution is 0.131. The largest absolute Gasteiger partial charge is 0.354 e. The molecule has 0 aliphatic carbocycles. The van der Waals surface area contributed by atoms with Crippen LogP contribution in [0.4, 0.5) is 11.5 Å². The molecule has 0 unspecified atom stereocenters. The number of anilines is 2. The van der Waals surface area contributed by atoms with Crippen LogP contribution in [0.5, 0.6) is 0 Å². The topological polar surface area (TPSA) is 49.9 Å². The van der Waals surface area contributed by atoms with Gasteiger partial charge in [-0.1, -0.05) is 6.92 Å². The number of nitrogens with one attached hydrogen (secondary N) is 2. The molecule has 0 spiro atoms. The molecule has 7 nitrogen and oxygen atoms in total. The number of aryl methyl sites for hydroxylation is 1. The maximum absolute atomic E-state index is 5.52. The SMILES string of the molecule is CCN1CCN(c2cc(C)c3cc(NC(=S)NN4CCN(C)CC4)ccc3n2)CC1. The van der Waals surface area contributed by atoms with Gasteiger partial charge in [-0.2, -0.15) is 0 Å². The average Bonchev–Trinajstić information content (AvgIpc) is 2.75. The first-order valence-electron chi connectivity index (χ1n) is 10.9. The molecule has 0 bridgehead atoms. The fourth-order valence-electron chi connectivity index (χ4n) is 4.13. The molecule has 3 heterocycles. The van der Waals surface area contributed by atoms with Crippen LogP contribution in [0, 0.1) is 6.92 Å². The summed E-state index contributed by atoms with van der Waals surface area (Å²) in [6, 6.07) is 8.52. The highest BCUT2D eigenvalue weighted by Crippen LogP contribution is 2.26. The Hall–Kier alpha value is -2.00. The molecule has 2 aliphatic heterocycles. The lowest BCUT2D eigenvalue weighted by Crippen LogP contribution is -2.53. The summed E-state index contributed by atoms with van der Waals surface area (Å²) in [6.07, 6.45) is 0. The highest BCUT2D eigenvalue weighted by atomic mass is 32.1. The Morgan fingerprint density at radius 3 is 2.47 bits per heavy atom. The van der Waals surface area contributed by atoms with Crippen LogP contribution in [0.2, 0.25) is 0 Å². The second-order valence-electron chi connectivity index (χ2n) is 8.31. The number of fused-ring (bicyclic) bond motifs is 1. The lowest BCUT2D eigenvalue weighted by Gasteiger charge is -2.35. The lowest BCUT2D eigenvalue weighted by atomic mass is 10.1. The summed E-state index contributed by atoms with van der Waals surface area (Å²) in [6.45, 7) is 13.8. The molecule has 0 atom stereocenters. The van der Waals surface area contributed by atoms with E-state index >= 15 is 0 Å². The normalized spacial score (nSPS) is 19.2. The molecule has 2 N–H and O–H groups in total. The molecule has 0 radical (unpaired) electrons. The van der Waals surface area contributed by atoms with E-state index in [0.29, 0.717) is 5.11 Å². The fourth-order valence-corrected chi connectivity index (χ4v) is 4.38. The van der Waals surface area contributed by atoms with Crippen LogP contribution in [0.15, 0.2) is 24.3 Å². The summed E-state index contributed by atoms with van der Waals surface area (Å²) in [5.74, 6) is 1.09. The van der Waals surface area contributed by atoms with Crippen molar-refractivity contribution in [1.29, 1.82) is 0 Å². The predicted molar refractivity (Wildman–Crippen MR) is 129 cm³/mol. The van der Waals surface area contributed by atoms with Crippen LogP contribution in [-0.4, -0.2) is 90.9 Å². The Bertz CT molecular complexity index is 886. The van der Waals surface area contributed by atoms with E-state index in [1.807, 2.05) is 0 Å². The van der Waals surface area contributed by atoms with E-state index in [-0.39, 0.29) is 0 Å². The Balaban J connectivity index is 1.42. The second kappa shape index (κ2) is 9.43. The van der Waals surface area contributed by atoms with Crippen LogP contribution in [0.25, 0.3) is 10.9 Å². The maximum Gasteiger partial charge on any atom is 0.185 e. The number of piperazine rings is 2. The Labute approximate surface area is 185 Å². The predicted octanol–water partition coefficient (Wildman–Crippen LogP) is 2.13. The maximum atomic E-state index is 5.52. The van der Waals surface area contributed by atoms with Crippen molar-refractivity contribution < 1.29 is 0 Å². The first-order chi connectivity index (χ1) is 14.5. The van der Waals surface area contributed by atoms with E-state index in [1.165, 1.54) is 10.9 Å². The second-order valence-corrected chi connectivity index (χ2v) is 8.72. The number of likely N-dealkylation sites (N-methyl/N-ethyl adjacent to an activating group) is 2. The van der Waals surface area contributed by atoms with Crippen molar-refractivity contribution in [2.45, 2.75) is 13.8 Å². The summed E-state index contributed by atoms with van der Waals surface area (Å²) < 4.78 is 0. The van der Waals surface area contributed by atoms with Crippen molar-refractivity contribution in [2.24, 2.45) is 0 Å². The number of hydrogen-bond donors (Lipinski definition) is 2. The van der Waals surface area contributed by atoms with Gasteiger partial charge >= 0.3 is 0 Å². The third kappa shape index (κ3) is 5.00. The average molecular weight is 428 g/mol. The Morgan fingerprint density at radius 1 is 1.03 bits per heavy atom. The van der Waals surface area contributed by atoms with E-state index < -0.39 is 0 Å². The van der Waals surface area contributed by atoms with Crippen molar-refractivity contribution in [1.82, 2.24) is 25.2 Å². The van der Waals surface area contributed by atoms with Gasteiger partial charge in [0.05, 0.1) is 5.52 Å². The number of hydrogen-bond acceptors (Lipinski definition) is 6. The number of rotatable bonds is 4. The summed E-state index contributed by atoms with van der Waals surface area (Å²) in [5.41, 5.74) is 6.58. The summed E-state index contributed by atoms with van der Waals surface area (Å²) in [4.78, 5) is 12.2. The zero-order chi connectivity index (χ0) is 21.1. The molecule has 8 heteroatoms. The fraction of sp³-hybridized carbons (Fsp3) is 0.545. The van der Waals surface area contributed by atoms with Gasteiger partial charge in [-0.05, 0) is 62.6 Å². The minimum atomic E-state index is 0.634. The zero-order valence-corrected chi connectivity index (χ0v) is 19.1. The smallest absolute Gasteiger partial charge is 0.185 e. The summed E-state index contributed by atoms with van der Waals surface area (Å²) >= 11 is 5.52. The van der Waals surface area contributed by atoms with E-state index in [9.17, 15) is 0 Å². The van der Waals surface area contributed by atoms with Gasteiger partial charge in [0.2, 0.25) is 0 Å². The molecular formula is C22H33N7S. The highest BCUT2D eigenvalue weighted by Gasteiger charge is 2.18. The van der Waals surface area contributed by atoms with Crippen LogP contribution >= 0.6 is 12.2 Å². The van der Waals surface area contributed by atoms with Crippen molar-refractivity contribution in [3.8, 4) is 0 Å². The van der Waals surface area contributed by atoms with Crippen molar-refractivity contribution >= 4 is 39.7 Å². The molecule has 1 aromatic carbocycles. The molecule has 2 aromatic rings. The molecule has 4 rings (SSSR count). The van der Waals surface area contributed by atoms with E-state index in [0.717, 1.165) is 75.9 Å². The molecule has 30 heavy (non-hydrogen) atoms. The molecule has 1 aromatic heterocycles. The van der Waals surface area contributed by atoms with Crippen molar-refractivity contribution in [2.75, 3.05) is 76.2 Å². The zero-order valence-electron chi connectivity index (χ0n) is 18.3. The van der Waals surface area contributed by atoms with Gasteiger partial charge in [-0.3, -0.25) is 5.43 Å². The molecule has 162 valence electrons. The van der Waals surface area contributed by atoms with Crippen LogP contribution in [0.1, 0.15) is 12.5 Å². The standard InChI is InChI=1S/C22H33N7S/c1-4-27-9-11-28(12-10-27)21-15-17(2)19-16-18(5-6-20(19)24-21)23-22(30)25-29-13-7-26(3)8-14-29/h5-6,15-16H,4,7-14H2,1-3H3,(H2,23,25,30). The number of pyridine rings is 1. The summed E-state index contributed by atoms with van der Waals surface area (Å²) in [7, 11) is 2.15. The quantitative estimate of drug-likeness (QED) is 0.720. The van der Waals surface area contributed by atoms with Gasteiger partial charge in [0, 0.05) is 63.4 Å². The number of thiocarbonyl (C=S) groups is 1. The minimum absolute atomic E-state index is 0.634. The third-order valence-corrected chi connectivity index (χ3v) is 6.36. The first kappa shape index (κ1) is 21.2. The number of aromatic nitrogens is 1. The Morgan fingerprint density at radius 2 is 1.77 bits per heavy atom. The highest BCUT2D eigenvalue weighted by molar-refractivity contribution is 7.80. The van der Waals surface area contributed by atoms with Gasteiger partial charge in [0.15, 0.2) is 5.11 Å². The third-order valence-electron chi connectivity index (χ3n) is 6.17. The van der Waals surface area contributed by atoms with Gasteiger partial charge in [0.1, 0.15) is 5.82 Å². The molecule has 2 fully saturated rings. The molecule has 0 amide bonds. The summed E-state index contributed by atoms with van der Waals surface area (Å²) in [5, 5.41) is 7.30. The van der Waals surface area contributed by atoms with Gasteiger partial charge in [0.25, 0.3) is 0 Å². The van der Waals surface area contributed by atoms with E-state index in [2.05, 4.69) is 75.6 Å². The van der Waals surface area contributed by atoms with Crippen LogP contribution in [-0.2, 0) is 0 Å². The van der Waals surface area contributed by atoms with Crippen molar-refractivity contribution in [3.63, 3.8) is 0 Å². The molecule has 2 saturated heterocycles. The number of benzene rings is 1. The Kier molecular flexibility index (Phi) is 6.67. The van der Waals surface area contributed by atoms with E-state index in [4.69, 9.17) is 17.2 Å². The first-order valence-corrected chi connectivity index (χ1v) is 11.3. The molecule has 0 saturated carbocycles. The molecular weight excluding hydrogens is 394 g/mol. The van der Waals surface area contributed by atoms with Crippen LogP contribution < -0.4 is 15.6 Å². The number of nitrogens with zero attached hydrogens (tertiary/aromatic N) is 5. The van der Waals surface area contributed by atoms with Gasteiger partial charge in [-0.25, -0.2) is 9.99 Å².